The molecule has 1 aromatic heterocycles. The van der Waals surface area contributed by atoms with E-state index < -0.39 is 5.60 Å². The van der Waals surface area contributed by atoms with Gasteiger partial charge in [0.1, 0.15) is 11.6 Å². The van der Waals surface area contributed by atoms with Gasteiger partial charge in [-0.1, -0.05) is 19.3 Å². The van der Waals surface area contributed by atoms with Crippen LogP contribution in [0.25, 0.3) is 0 Å². The zero-order valence-corrected chi connectivity index (χ0v) is 15.8. The van der Waals surface area contributed by atoms with Crippen molar-refractivity contribution in [2.24, 2.45) is 7.05 Å². The van der Waals surface area contributed by atoms with Gasteiger partial charge < -0.3 is 9.67 Å². The summed E-state index contributed by atoms with van der Waals surface area (Å²) in [5.41, 5.74) is -0.436. The first kappa shape index (κ1) is 17.4. The number of rotatable bonds is 6. The van der Waals surface area contributed by atoms with Crippen LogP contribution in [0.1, 0.15) is 68.9 Å². The van der Waals surface area contributed by atoms with Crippen molar-refractivity contribution in [2.75, 3.05) is 26.7 Å². The highest BCUT2D eigenvalue weighted by Crippen LogP contribution is 2.38. The van der Waals surface area contributed by atoms with Gasteiger partial charge in [0, 0.05) is 32.1 Å². The van der Waals surface area contributed by atoms with Gasteiger partial charge in [0.15, 0.2) is 0 Å². The summed E-state index contributed by atoms with van der Waals surface area (Å²) in [6.07, 6.45) is 9.32. The van der Waals surface area contributed by atoms with Crippen molar-refractivity contribution >= 4 is 0 Å². The number of nitrogens with zero attached hydrogens (tertiary/aromatic N) is 5. The topological polar surface area (TPSA) is 57.4 Å². The van der Waals surface area contributed by atoms with E-state index in [0.717, 1.165) is 50.7 Å². The second-order valence-corrected chi connectivity index (χ2v) is 8.69. The minimum absolute atomic E-state index is 0.436. The first-order valence-corrected chi connectivity index (χ1v) is 10.1. The van der Waals surface area contributed by atoms with Crippen molar-refractivity contribution in [1.29, 1.82) is 0 Å². The molecule has 0 bridgehead atoms. The van der Waals surface area contributed by atoms with E-state index in [1.807, 2.05) is 0 Å². The zero-order chi connectivity index (χ0) is 17.4. The standard InChI is InChI=1S/C19H33N5O/c1-22(13-17-20-21-18(23(17)2)15-6-7-15)16-8-11-24(12-16)14-19(25)9-4-3-5-10-19/h15-16,25H,3-14H2,1-2H3. The Morgan fingerprint density at radius 3 is 2.64 bits per heavy atom. The Hall–Kier alpha value is -0.980. The molecular weight excluding hydrogens is 314 g/mol. The number of aliphatic hydroxyl groups is 1. The van der Waals surface area contributed by atoms with E-state index in [0.29, 0.717) is 12.0 Å². The average Bonchev–Trinajstić information content (AvgIpc) is 3.22. The third kappa shape index (κ3) is 3.91. The monoisotopic (exact) mass is 347 g/mol. The van der Waals surface area contributed by atoms with Crippen LogP contribution in [-0.4, -0.2) is 68.0 Å². The first-order valence-electron chi connectivity index (χ1n) is 10.1. The molecule has 0 spiro atoms. The molecule has 4 rings (SSSR count). The van der Waals surface area contributed by atoms with E-state index in [1.165, 1.54) is 38.5 Å². The lowest BCUT2D eigenvalue weighted by Gasteiger charge is -2.35. The number of likely N-dealkylation sites (tertiary alicyclic amines) is 1. The first-order chi connectivity index (χ1) is 12.0. The Bertz CT molecular complexity index is 591. The van der Waals surface area contributed by atoms with Gasteiger partial charge in [-0.05, 0) is 45.7 Å². The molecule has 0 aromatic carbocycles. The highest BCUT2D eigenvalue weighted by molar-refractivity contribution is 5.08. The quantitative estimate of drug-likeness (QED) is 0.852. The predicted octanol–water partition coefficient (Wildman–Crippen LogP) is 1.89. The molecule has 6 nitrogen and oxygen atoms in total. The van der Waals surface area contributed by atoms with Crippen LogP contribution in [0.15, 0.2) is 0 Å². The summed E-state index contributed by atoms with van der Waals surface area (Å²) < 4.78 is 2.20. The SMILES string of the molecule is CN(Cc1nnc(C2CC2)n1C)C1CCN(CC2(O)CCCCC2)C1. The Morgan fingerprint density at radius 1 is 1.16 bits per heavy atom. The molecule has 0 amide bonds. The van der Waals surface area contributed by atoms with E-state index in [9.17, 15) is 5.11 Å². The molecule has 2 saturated carbocycles. The molecule has 1 aromatic rings. The highest BCUT2D eigenvalue weighted by atomic mass is 16.3. The zero-order valence-electron chi connectivity index (χ0n) is 15.8. The second-order valence-electron chi connectivity index (χ2n) is 8.69. The normalized spacial score (nSPS) is 27.3. The number of likely N-dealkylation sites (N-methyl/N-ethyl adjacent to an activating group) is 1. The van der Waals surface area contributed by atoms with Crippen LogP contribution >= 0.6 is 0 Å². The molecule has 6 heteroatoms. The van der Waals surface area contributed by atoms with Crippen molar-refractivity contribution in [3.05, 3.63) is 11.6 Å². The lowest BCUT2D eigenvalue weighted by Crippen LogP contribution is -2.44. The van der Waals surface area contributed by atoms with Gasteiger partial charge in [0.05, 0.1) is 12.1 Å². The van der Waals surface area contributed by atoms with Crippen molar-refractivity contribution < 1.29 is 5.11 Å². The minimum Gasteiger partial charge on any atom is -0.389 e. The van der Waals surface area contributed by atoms with Crippen LogP contribution < -0.4 is 0 Å². The molecule has 1 unspecified atom stereocenters. The highest BCUT2D eigenvalue weighted by Gasteiger charge is 2.35. The molecule has 1 atom stereocenters. The molecule has 140 valence electrons. The fourth-order valence-corrected chi connectivity index (χ4v) is 4.66. The number of hydrogen-bond donors (Lipinski definition) is 1. The summed E-state index contributed by atoms with van der Waals surface area (Å²) in [4.78, 5) is 4.89. The van der Waals surface area contributed by atoms with Gasteiger partial charge in [-0.2, -0.15) is 0 Å². The van der Waals surface area contributed by atoms with Gasteiger partial charge in [-0.3, -0.25) is 9.80 Å². The summed E-state index contributed by atoms with van der Waals surface area (Å²) in [6, 6.07) is 0.549. The molecule has 3 aliphatic rings. The minimum atomic E-state index is -0.436. The molecule has 25 heavy (non-hydrogen) atoms. The molecule has 1 N–H and O–H groups in total. The van der Waals surface area contributed by atoms with Crippen molar-refractivity contribution in [3.8, 4) is 0 Å². The largest absolute Gasteiger partial charge is 0.389 e. The molecular formula is C19H33N5O. The smallest absolute Gasteiger partial charge is 0.146 e. The summed E-state index contributed by atoms with van der Waals surface area (Å²) in [7, 11) is 4.31. The fourth-order valence-electron chi connectivity index (χ4n) is 4.66. The summed E-state index contributed by atoms with van der Waals surface area (Å²) in [5.74, 6) is 2.89. The van der Waals surface area contributed by atoms with E-state index in [-0.39, 0.29) is 0 Å². The van der Waals surface area contributed by atoms with Crippen molar-refractivity contribution in [2.45, 2.75) is 75.5 Å². The van der Waals surface area contributed by atoms with Gasteiger partial charge in [-0.15, -0.1) is 10.2 Å². The third-order valence-corrected chi connectivity index (χ3v) is 6.51. The Balaban J connectivity index is 1.30. The Labute approximate surface area is 151 Å². The maximum Gasteiger partial charge on any atom is 0.146 e. The van der Waals surface area contributed by atoms with Gasteiger partial charge in [-0.25, -0.2) is 0 Å². The van der Waals surface area contributed by atoms with Gasteiger partial charge >= 0.3 is 0 Å². The summed E-state index contributed by atoms with van der Waals surface area (Å²) in [5, 5.41) is 19.6. The lowest BCUT2D eigenvalue weighted by molar-refractivity contribution is -0.0225. The predicted molar refractivity (Wildman–Crippen MR) is 97.3 cm³/mol. The number of aromatic nitrogens is 3. The van der Waals surface area contributed by atoms with Crippen LogP contribution in [0.5, 0.6) is 0 Å². The van der Waals surface area contributed by atoms with E-state index in [4.69, 9.17) is 0 Å². The van der Waals surface area contributed by atoms with Crippen LogP contribution in [0.3, 0.4) is 0 Å². The van der Waals surface area contributed by atoms with Gasteiger partial charge in [0.25, 0.3) is 0 Å². The van der Waals surface area contributed by atoms with Crippen LogP contribution in [0.4, 0.5) is 0 Å². The Morgan fingerprint density at radius 2 is 1.92 bits per heavy atom. The third-order valence-electron chi connectivity index (χ3n) is 6.51. The van der Waals surface area contributed by atoms with Crippen LogP contribution in [-0.2, 0) is 13.6 Å². The van der Waals surface area contributed by atoms with Crippen LogP contribution in [0, 0.1) is 0 Å². The van der Waals surface area contributed by atoms with E-state index >= 15 is 0 Å². The summed E-state index contributed by atoms with van der Waals surface area (Å²) >= 11 is 0. The van der Waals surface area contributed by atoms with Crippen LogP contribution in [0.2, 0.25) is 0 Å². The maximum absolute atomic E-state index is 10.8. The molecule has 3 fully saturated rings. The molecule has 1 saturated heterocycles. The van der Waals surface area contributed by atoms with Crippen molar-refractivity contribution in [3.63, 3.8) is 0 Å². The number of β-amino-alcohol motifs (C(OH)–C–C–N with tert-alkyl or cyclic N) is 1. The van der Waals surface area contributed by atoms with E-state index in [2.05, 4.69) is 38.7 Å². The van der Waals surface area contributed by atoms with Gasteiger partial charge in [0.2, 0.25) is 0 Å². The van der Waals surface area contributed by atoms with Crippen molar-refractivity contribution in [1.82, 2.24) is 24.6 Å². The Kier molecular flexibility index (Phi) is 4.86. The number of hydrogen-bond acceptors (Lipinski definition) is 5. The molecule has 2 aliphatic carbocycles. The van der Waals surface area contributed by atoms with E-state index in [1.54, 1.807) is 0 Å². The maximum atomic E-state index is 10.8. The fraction of sp³-hybridized carbons (Fsp3) is 0.895. The molecule has 2 heterocycles. The summed E-state index contributed by atoms with van der Waals surface area (Å²) in [6.45, 7) is 3.88. The molecule has 0 radical (unpaired) electrons. The molecule has 1 aliphatic heterocycles. The second kappa shape index (κ2) is 6.97. The lowest BCUT2D eigenvalue weighted by atomic mass is 9.84. The average molecular weight is 348 g/mol.